The predicted octanol–water partition coefficient (Wildman–Crippen LogP) is 2.07. The summed E-state index contributed by atoms with van der Waals surface area (Å²) in [6.07, 6.45) is 0. The summed E-state index contributed by atoms with van der Waals surface area (Å²) in [6, 6.07) is 9.18. The first-order valence-corrected chi connectivity index (χ1v) is 7.14. The second-order valence-electron chi connectivity index (χ2n) is 5.92. The van der Waals surface area contributed by atoms with E-state index in [2.05, 4.69) is 10.2 Å². The minimum Gasteiger partial charge on any atom is -0.457 e. The molecule has 0 atom stereocenters. The Morgan fingerprint density at radius 2 is 1.78 bits per heavy atom. The average molecular weight is 317 g/mol. The first kappa shape index (κ1) is 16.7. The molecule has 0 aliphatic rings. The molecular formula is C16H19N3O4. The molecule has 23 heavy (non-hydrogen) atoms. The Labute approximate surface area is 134 Å². The van der Waals surface area contributed by atoms with E-state index in [1.54, 1.807) is 27.7 Å². The van der Waals surface area contributed by atoms with Gasteiger partial charge in [0, 0.05) is 0 Å². The van der Waals surface area contributed by atoms with Crippen molar-refractivity contribution in [3.8, 4) is 5.69 Å². The van der Waals surface area contributed by atoms with Gasteiger partial charge >= 0.3 is 11.9 Å². The Kier molecular flexibility index (Phi) is 4.78. The van der Waals surface area contributed by atoms with Crippen LogP contribution < -0.4 is 0 Å². The topological polar surface area (TPSA) is 83.3 Å². The highest BCUT2D eigenvalue weighted by molar-refractivity contribution is 5.89. The minimum absolute atomic E-state index is 0.0670. The minimum atomic E-state index is -0.712. The van der Waals surface area contributed by atoms with Crippen molar-refractivity contribution < 1.29 is 19.1 Å². The van der Waals surface area contributed by atoms with Crippen LogP contribution in [0.4, 0.5) is 0 Å². The van der Waals surface area contributed by atoms with Gasteiger partial charge in [-0.05, 0) is 39.8 Å². The molecular weight excluding hydrogens is 298 g/mol. The van der Waals surface area contributed by atoms with Gasteiger partial charge in [0.2, 0.25) is 0 Å². The van der Waals surface area contributed by atoms with Crippen LogP contribution in [0.15, 0.2) is 30.3 Å². The molecule has 0 spiro atoms. The molecule has 0 fully saturated rings. The lowest BCUT2D eigenvalue weighted by molar-refractivity contribution is -0.158. The fourth-order valence-electron chi connectivity index (χ4n) is 1.81. The molecule has 0 amide bonds. The van der Waals surface area contributed by atoms with E-state index in [1.807, 2.05) is 30.3 Å². The maximum Gasteiger partial charge on any atom is 0.361 e. The number of carbonyl (C=O) groups is 2. The van der Waals surface area contributed by atoms with E-state index in [4.69, 9.17) is 9.47 Å². The van der Waals surface area contributed by atoms with Gasteiger partial charge in [-0.25, -0.2) is 9.59 Å². The van der Waals surface area contributed by atoms with Crippen molar-refractivity contribution in [1.82, 2.24) is 15.0 Å². The molecule has 0 aliphatic carbocycles. The fourth-order valence-corrected chi connectivity index (χ4v) is 1.81. The molecule has 0 saturated heterocycles. The number of hydrogen-bond donors (Lipinski definition) is 0. The highest BCUT2D eigenvalue weighted by atomic mass is 16.6. The van der Waals surface area contributed by atoms with E-state index >= 15 is 0 Å². The maximum absolute atomic E-state index is 12.0. The van der Waals surface area contributed by atoms with Crippen LogP contribution >= 0.6 is 0 Å². The van der Waals surface area contributed by atoms with E-state index in [0.29, 0.717) is 5.69 Å². The fraction of sp³-hybridized carbons (Fsp3) is 0.375. The lowest BCUT2D eigenvalue weighted by Crippen LogP contribution is -2.27. The zero-order valence-electron chi connectivity index (χ0n) is 13.6. The van der Waals surface area contributed by atoms with Crippen molar-refractivity contribution in [2.75, 3.05) is 6.61 Å². The van der Waals surface area contributed by atoms with Crippen molar-refractivity contribution >= 4 is 11.9 Å². The van der Waals surface area contributed by atoms with Gasteiger partial charge in [-0.1, -0.05) is 18.2 Å². The summed E-state index contributed by atoms with van der Waals surface area (Å²) in [5, 5.41) is 8.29. The van der Waals surface area contributed by atoms with Crippen LogP contribution in [0.3, 0.4) is 0 Å². The van der Waals surface area contributed by atoms with Gasteiger partial charge in [-0.2, -0.15) is 9.90 Å². The Balaban J connectivity index is 2.03. The molecule has 0 N–H and O–H groups in total. The number of benzene rings is 1. The zero-order chi connectivity index (χ0) is 17.0. The van der Waals surface area contributed by atoms with Crippen LogP contribution in [0.5, 0.6) is 0 Å². The SMILES string of the molecule is Cc1nn(-c2ccccc2)nc1C(=O)OCC(=O)OC(C)(C)C. The lowest BCUT2D eigenvalue weighted by atomic mass is 10.2. The molecule has 7 nitrogen and oxygen atoms in total. The molecule has 2 rings (SSSR count). The van der Waals surface area contributed by atoms with Crippen LogP contribution in [-0.2, 0) is 14.3 Å². The number of ether oxygens (including phenoxy) is 2. The molecule has 0 unspecified atom stereocenters. The normalized spacial score (nSPS) is 11.1. The summed E-state index contributed by atoms with van der Waals surface area (Å²) < 4.78 is 10.0. The Morgan fingerprint density at radius 3 is 2.39 bits per heavy atom. The van der Waals surface area contributed by atoms with Gasteiger partial charge in [0.05, 0.1) is 11.4 Å². The smallest absolute Gasteiger partial charge is 0.361 e. The molecule has 122 valence electrons. The number of para-hydroxylation sites is 1. The van der Waals surface area contributed by atoms with Crippen LogP contribution in [-0.4, -0.2) is 39.1 Å². The van der Waals surface area contributed by atoms with Gasteiger partial charge in [0.15, 0.2) is 12.3 Å². The Hall–Kier alpha value is -2.70. The maximum atomic E-state index is 12.0. The largest absolute Gasteiger partial charge is 0.457 e. The standard InChI is InChI=1S/C16H19N3O4/c1-11-14(15(21)22-10-13(20)23-16(2,3)4)18-19(17-11)12-8-6-5-7-9-12/h5-9H,10H2,1-4H3. The van der Waals surface area contributed by atoms with E-state index < -0.39 is 24.1 Å². The Morgan fingerprint density at radius 1 is 1.13 bits per heavy atom. The molecule has 2 aromatic rings. The van der Waals surface area contributed by atoms with Crippen molar-refractivity contribution in [1.29, 1.82) is 0 Å². The summed E-state index contributed by atoms with van der Waals surface area (Å²) in [5.74, 6) is -1.32. The van der Waals surface area contributed by atoms with Crippen molar-refractivity contribution in [2.24, 2.45) is 0 Å². The molecule has 0 radical (unpaired) electrons. The third kappa shape index (κ3) is 4.64. The summed E-state index contributed by atoms with van der Waals surface area (Å²) in [7, 11) is 0. The van der Waals surface area contributed by atoms with Crippen molar-refractivity contribution in [3.63, 3.8) is 0 Å². The van der Waals surface area contributed by atoms with Crippen molar-refractivity contribution in [2.45, 2.75) is 33.3 Å². The summed E-state index contributed by atoms with van der Waals surface area (Å²) >= 11 is 0. The number of aromatic nitrogens is 3. The molecule has 1 heterocycles. The van der Waals surface area contributed by atoms with Gasteiger partial charge in [0.1, 0.15) is 5.60 Å². The highest BCUT2D eigenvalue weighted by Crippen LogP contribution is 2.10. The number of hydrogen-bond acceptors (Lipinski definition) is 6. The molecule has 0 aliphatic heterocycles. The quantitative estimate of drug-likeness (QED) is 0.803. The third-order valence-corrected chi connectivity index (χ3v) is 2.70. The van der Waals surface area contributed by atoms with E-state index in [0.717, 1.165) is 5.69 Å². The summed E-state index contributed by atoms with van der Waals surface area (Å²) in [6.45, 7) is 6.40. The number of carbonyl (C=O) groups excluding carboxylic acids is 2. The second kappa shape index (κ2) is 6.60. The number of nitrogens with zero attached hydrogens (tertiary/aromatic N) is 3. The van der Waals surface area contributed by atoms with E-state index in [9.17, 15) is 9.59 Å². The number of rotatable bonds is 4. The highest BCUT2D eigenvalue weighted by Gasteiger charge is 2.21. The average Bonchev–Trinajstić information content (AvgIpc) is 2.86. The van der Waals surface area contributed by atoms with Crippen LogP contribution in [0.1, 0.15) is 37.0 Å². The Bertz CT molecular complexity index is 702. The summed E-state index contributed by atoms with van der Waals surface area (Å²) in [5.41, 5.74) is 0.581. The van der Waals surface area contributed by atoms with Gasteiger partial charge in [-0.3, -0.25) is 0 Å². The summed E-state index contributed by atoms with van der Waals surface area (Å²) in [4.78, 5) is 24.9. The van der Waals surface area contributed by atoms with Gasteiger partial charge in [-0.15, -0.1) is 5.10 Å². The molecule has 1 aromatic heterocycles. The zero-order valence-corrected chi connectivity index (χ0v) is 13.6. The van der Waals surface area contributed by atoms with Crippen LogP contribution in [0.25, 0.3) is 5.69 Å². The number of esters is 2. The molecule has 0 bridgehead atoms. The molecule has 1 aromatic carbocycles. The van der Waals surface area contributed by atoms with E-state index in [1.165, 1.54) is 4.80 Å². The monoisotopic (exact) mass is 317 g/mol. The lowest BCUT2D eigenvalue weighted by Gasteiger charge is -2.19. The predicted molar refractivity (Wildman–Crippen MR) is 82.2 cm³/mol. The molecule has 7 heteroatoms. The van der Waals surface area contributed by atoms with Crippen molar-refractivity contribution in [3.05, 3.63) is 41.7 Å². The first-order chi connectivity index (χ1) is 10.8. The van der Waals surface area contributed by atoms with Crippen LogP contribution in [0.2, 0.25) is 0 Å². The van der Waals surface area contributed by atoms with Gasteiger partial charge in [0.25, 0.3) is 0 Å². The third-order valence-electron chi connectivity index (χ3n) is 2.70. The van der Waals surface area contributed by atoms with Crippen LogP contribution in [0, 0.1) is 6.92 Å². The number of aryl methyl sites for hydroxylation is 1. The first-order valence-electron chi connectivity index (χ1n) is 7.14. The molecule has 0 saturated carbocycles. The van der Waals surface area contributed by atoms with E-state index in [-0.39, 0.29) is 5.69 Å². The second-order valence-corrected chi connectivity index (χ2v) is 5.92. The van der Waals surface area contributed by atoms with Gasteiger partial charge < -0.3 is 9.47 Å².